The van der Waals surface area contributed by atoms with Crippen molar-refractivity contribution in [3.8, 4) is 6.07 Å². The standard InChI is InChI=1S/C23H27N3O/c24-17-20-8-4-9-21(15-20)23(27)26-12-5-10-22-16-19(11-13-25-22)14-18-6-2-1-3-7-18/h1-4,6-9,15,19,22,25H,5,10-14,16H2,(H,26,27)/t19-,22-/m1/s1. The summed E-state index contributed by atoms with van der Waals surface area (Å²) in [6.45, 7) is 1.74. The second-order valence-corrected chi connectivity index (χ2v) is 7.32. The molecule has 0 saturated carbocycles. The van der Waals surface area contributed by atoms with Crippen LogP contribution in [0.3, 0.4) is 0 Å². The number of benzene rings is 2. The van der Waals surface area contributed by atoms with Gasteiger partial charge >= 0.3 is 0 Å². The molecule has 1 fully saturated rings. The molecule has 1 aliphatic rings. The third-order valence-electron chi connectivity index (χ3n) is 5.24. The number of hydrogen-bond acceptors (Lipinski definition) is 3. The van der Waals surface area contributed by atoms with Crippen LogP contribution in [0.5, 0.6) is 0 Å². The summed E-state index contributed by atoms with van der Waals surface area (Å²) < 4.78 is 0. The van der Waals surface area contributed by atoms with Crippen molar-refractivity contribution in [1.29, 1.82) is 5.26 Å². The first-order chi connectivity index (χ1) is 13.2. The quantitative estimate of drug-likeness (QED) is 0.740. The van der Waals surface area contributed by atoms with Crippen molar-refractivity contribution in [1.82, 2.24) is 10.6 Å². The van der Waals surface area contributed by atoms with Gasteiger partial charge in [-0.15, -0.1) is 0 Å². The Labute approximate surface area is 161 Å². The molecule has 1 aliphatic heterocycles. The lowest BCUT2D eigenvalue weighted by atomic mass is 9.86. The van der Waals surface area contributed by atoms with Gasteiger partial charge in [-0.1, -0.05) is 36.4 Å². The van der Waals surface area contributed by atoms with Crippen molar-refractivity contribution in [3.63, 3.8) is 0 Å². The summed E-state index contributed by atoms with van der Waals surface area (Å²) >= 11 is 0. The summed E-state index contributed by atoms with van der Waals surface area (Å²) in [6, 6.07) is 20.2. The SMILES string of the molecule is N#Cc1cccc(C(=O)NCCC[C@@H]2C[C@@H](Cc3ccccc3)CCN2)c1. The largest absolute Gasteiger partial charge is 0.352 e. The van der Waals surface area contributed by atoms with Gasteiger partial charge in [0.25, 0.3) is 5.91 Å². The molecule has 2 aromatic carbocycles. The molecular weight excluding hydrogens is 334 g/mol. The van der Waals surface area contributed by atoms with Crippen LogP contribution in [0.25, 0.3) is 0 Å². The van der Waals surface area contributed by atoms with Crippen LogP contribution in [-0.4, -0.2) is 25.0 Å². The average Bonchev–Trinajstić information content (AvgIpc) is 2.72. The van der Waals surface area contributed by atoms with E-state index in [0.29, 0.717) is 23.7 Å². The van der Waals surface area contributed by atoms with Crippen molar-refractivity contribution in [2.24, 2.45) is 5.92 Å². The van der Waals surface area contributed by atoms with Crippen LogP contribution in [0.2, 0.25) is 0 Å². The maximum atomic E-state index is 12.2. The topological polar surface area (TPSA) is 64.9 Å². The molecule has 27 heavy (non-hydrogen) atoms. The molecule has 4 heteroatoms. The van der Waals surface area contributed by atoms with Gasteiger partial charge in [-0.3, -0.25) is 4.79 Å². The van der Waals surface area contributed by atoms with Crippen molar-refractivity contribution < 1.29 is 4.79 Å². The molecule has 0 aliphatic carbocycles. The Bertz CT molecular complexity index is 782. The van der Waals surface area contributed by atoms with E-state index in [4.69, 9.17) is 5.26 Å². The Hall–Kier alpha value is -2.64. The smallest absolute Gasteiger partial charge is 0.251 e. The van der Waals surface area contributed by atoms with Crippen molar-refractivity contribution in [3.05, 3.63) is 71.3 Å². The Kier molecular flexibility index (Phi) is 7.01. The minimum Gasteiger partial charge on any atom is -0.352 e. The second-order valence-electron chi connectivity index (χ2n) is 7.32. The highest BCUT2D eigenvalue weighted by Crippen LogP contribution is 2.23. The van der Waals surface area contributed by atoms with Crippen molar-refractivity contribution >= 4 is 5.91 Å². The first kappa shape index (κ1) is 19.1. The molecule has 140 valence electrons. The minimum atomic E-state index is -0.106. The number of amides is 1. The molecule has 3 rings (SSSR count). The number of nitriles is 1. The molecule has 4 nitrogen and oxygen atoms in total. The second kappa shape index (κ2) is 9.89. The van der Waals surface area contributed by atoms with Gasteiger partial charge in [0.2, 0.25) is 0 Å². The van der Waals surface area contributed by atoms with Gasteiger partial charge in [0, 0.05) is 18.2 Å². The zero-order chi connectivity index (χ0) is 18.9. The maximum absolute atomic E-state index is 12.2. The summed E-state index contributed by atoms with van der Waals surface area (Å²) in [4.78, 5) is 12.2. The zero-order valence-corrected chi connectivity index (χ0v) is 15.7. The van der Waals surface area contributed by atoms with E-state index in [1.807, 2.05) is 0 Å². The summed E-state index contributed by atoms with van der Waals surface area (Å²) in [6.07, 6.45) is 5.62. The highest BCUT2D eigenvalue weighted by atomic mass is 16.1. The van der Waals surface area contributed by atoms with Crippen molar-refractivity contribution in [2.75, 3.05) is 13.1 Å². The Morgan fingerprint density at radius 3 is 2.85 bits per heavy atom. The first-order valence-corrected chi connectivity index (χ1v) is 9.80. The van der Waals surface area contributed by atoms with E-state index >= 15 is 0 Å². The molecule has 2 aromatic rings. The Morgan fingerprint density at radius 2 is 2.04 bits per heavy atom. The van der Waals surface area contributed by atoms with Crippen LogP contribution in [0.4, 0.5) is 0 Å². The fourth-order valence-electron chi connectivity index (χ4n) is 3.83. The maximum Gasteiger partial charge on any atom is 0.251 e. The van der Waals surface area contributed by atoms with E-state index in [1.54, 1.807) is 24.3 Å². The van der Waals surface area contributed by atoms with Gasteiger partial charge in [-0.25, -0.2) is 0 Å². The number of rotatable bonds is 7. The lowest BCUT2D eigenvalue weighted by Crippen LogP contribution is -2.39. The van der Waals surface area contributed by atoms with Crippen LogP contribution in [0.1, 0.15) is 47.2 Å². The average molecular weight is 361 g/mol. The van der Waals surface area contributed by atoms with Gasteiger partial charge in [0.1, 0.15) is 0 Å². The molecule has 2 N–H and O–H groups in total. The van der Waals surface area contributed by atoms with E-state index in [1.165, 1.54) is 18.4 Å². The number of carbonyl (C=O) groups is 1. The number of piperidine rings is 1. The van der Waals surface area contributed by atoms with E-state index in [-0.39, 0.29) is 5.91 Å². The third-order valence-corrected chi connectivity index (χ3v) is 5.24. The van der Waals surface area contributed by atoms with Gasteiger partial charge < -0.3 is 10.6 Å². The Morgan fingerprint density at radius 1 is 1.19 bits per heavy atom. The van der Waals surface area contributed by atoms with Gasteiger partial charge in [0.15, 0.2) is 0 Å². The van der Waals surface area contributed by atoms with E-state index in [0.717, 1.165) is 31.7 Å². The molecule has 1 saturated heterocycles. The number of nitrogens with one attached hydrogen (secondary N) is 2. The summed E-state index contributed by atoms with van der Waals surface area (Å²) in [5.74, 6) is 0.632. The number of carbonyl (C=O) groups excluding carboxylic acids is 1. The van der Waals surface area contributed by atoms with Gasteiger partial charge in [-0.05, 0) is 68.3 Å². The summed E-state index contributed by atoms with van der Waals surface area (Å²) in [7, 11) is 0. The normalized spacial score (nSPS) is 19.2. The van der Waals surface area contributed by atoms with E-state index < -0.39 is 0 Å². The van der Waals surface area contributed by atoms with Crippen LogP contribution in [0, 0.1) is 17.2 Å². The highest BCUT2D eigenvalue weighted by molar-refractivity contribution is 5.94. The molecule has 0 unspecified atom stereocenters. The fraction of sp³-hybridized carbons (Fsp3) is 0.391. The summed E-state index contributed by atoms with van der Waals surface area (Å²) in [5.41, 5.74) is 2.49. The van der Waals surface area contributed by atoms with Crippen LogP contribution < -0.4 is 10.6 Å². The monoisotopic (exact) mass is 361 g/mol. The lowest BCUT2D eigenvalue weighted by molar-refractivity contribution is 0.0952. The predicted octanol–water partition coefficient (Wildman–Crippen LogP) is 3.68. The highest BCUT2D eigenvalue weighted by Gasteiger charge is 2.21. The Balaban J connectivity index is 1.38. The third kappa shape index (κ3) is 5.94. The fourth-order valence-corrected chi connectivity index (χ4v) is 3.83. The zero-order valence-electron chi connectivity index (χ0n) is 15.7. The first-order valence-electron chi connectivity index (χ1n) is 9.80. The number of nitrogens with zero attached hydrogens (tertiary/aromatic N) is 1. The van der Waals surface area contributed by atoms with Crippen LogP contribution in [-0.2, 0) is 6.42 Å². The van der Waals surface area contributed by atoms with Crippen LogP contribution in [0.15, 0.2) is 54.6 Å². The van der Waals surface area contributed by atoms with E-state index in [2.05, 4.69) is 47.0 Å². The molecule has 0 radical (unpaired) electrons. The molecule has 0 aromatic heterocycles. The molecule has 0 spiro atoms. The van der Waals surface area contributed by atoms with Gasteiger partial charge in [0.05, 0.1) is 11.6 Å². The molecule has 1 heterocycles. The summed E-state index contributed by atoms with van der Waals surface area (Å²) in [5, 5.41) is 15.5. The van der Waals surface area contributed by atoms with E-state index in [9.17, 15) is 4.79 Å². The van der Waals surface area contributed by atoms with Crippen molar-refractivity contribution in [2.45, 2.75) is 38.1 Å². The molecular formula is C23H27N3O. The minimum absolute atomic E-state index is 0.106. The molecule has 1 amide bonds. The van der Waals surface area contributed by atoms with Gasteiger partial charge in [-0.2, -0.15) is 5.26 Å². The number of hydrogen-bond donors (Lipinski definition) is 2. The predicted molar refractivity (Wildman–Crippen MR) is 107 cm³/mol. The molecule has 2 atom stereocenters. The lowest BCUT2D eigenvalue weighted by Gasteiger charge is -2.30. The molecule has 0 bridgehead atoms. The van der Waals surface area contributed by atoms with Crippen LogP contribution >= 0.6 is 0 Å².